The molecule has 1 atom stereocenters. The summed E-state index contributed by atoms with van der Waals surface area (Å²) in [7, 11) is -1.02. The van der Waals surface area contributed by atoms with Crippen LogP contribution in [0.5, 0.6) is 0 Å². The minimum absolute atomic E-state index is 0.0491. The van der Waals surface area contributed by atoms with E-state index in [2.05, 4.69) is 10.3 Å². The number of carbonyl (C=O) groups is 1. The van der Waals surface area contributed by atoms with E-state index in [4.69, 9.17) is 5.11 Å². The number of hydrogen-bond donors (Lipinski definition) is 2. The second kappa shape index (κ2) is 20.7. The molecule has 0 aliphatic carbocycles. The highest BCUT2D eigenvalue weighted by Gasteiger charge is 2.00. The van der Waals surface area contributed by atoms with E-state index in [9.17, 15) is 9.00 Å². The summed E-state index contributed by atoms with van der Waals surface area (Å²) in [5.74, 6) is 1.92. The van der Waals surface area contributed by atoms with Crippen molar-refractivity contribution in [2.24, 2.45) is 4.99 Å². The van der Waals surface area contributed by atoms with Gasteiger partial charge in [-0.3, -0.25) is 14.0 Å². The number of nitrogens with zero attached hydrogens (tertiary/aromatic N) is 1. The number of nitrogens with one attached hydrogen (secondary N) is 1. The average molecular weight is 469 g/mol. The standard InChI is InChI=1S/C12H24N2O3S7/c1-18-8-23-12(16)14-3-5-20-9-19-4-2-13-6-24(17)11-22-10-21-7-15/h6,15H,2-5,7-11H2,1H3,(H,14,16). The lowest BCUT2D eigenvalue weighted by Crippen LogP contribution is -2.21. The van der Waals surface area contributed by atoms with Crippen molar-refractivity contribution in [1.29, 1.82) is 0 Å². The van der Waals surface area contributed by atoms with Crippen LogP contribution in [-0.2, 0) is 10.8 Å². The molecular formula is C12H24N2O3S7. The Hall–Kier alpha value is 1.35. The number of aliphatic hydroxyl groups excluding tert-OH is 1. The number of carbonyl (C=O) groups excluding carboxylic acids is 1. The van der Waals surface area contributed by atoms with Crippen LogP contribution in [0.1, 0.15) is 0 Å². The Labute approximate surface area is 172 Å². The van der Waals surface area contributed by atoms with Gasteiger partial charge in [-0.05, 0) is 6.26 Å². The Balaban J connectivity index is 3.31. The molecule has 0 rings (SSSR count). The first-order chi connectivity index (χ1) is 11.7. The molecular weight excluding hydrogens is 445 g/mol. The maximum Gasteiger partial charge on any atom is 0.279 e. The van der Waals surface area contributed by atoms with Crippen molar-refractivity contribution < 1.29 is 14.1 Å². The molecule has 0 aromatic rings. The summed E-state index contributed by atoms with van der Waals surface area (Å²) < 4.78 is 11.6. The first-order valence-electron chi connectivity index (χ1n) is 6.89. The van der Waals surface area contributed by atoms with E-state index in [1.165, 1.54) is 29.1 Å². The van der Waals surface area contributed by atoms with Gasteiger partial charge in [-0.25, -0.2) is 0 Å². The zero-order valence-electron chi connectivity index (χ0n) is 13.5. The summed E-state index contributed by atoms with van der Waals surface area (Å²) in [4.78, 5) is 15.5. The fraction of sp³-hybridized carbons (Fsp3) is 0.833. The van der Waals surface area contributed by atoms with Gasteiger partial charge in [-0.1, -0.05) is 11.8 Å². The molecule has 24 heavy (non-hydrogen) atoms. The van der Waals surface area contributed by atoms with Crippen molar-refractivity contribution in [2.75, 3.05) is 57.1 Å². The van der Waals surface area contributed by atoms with Crippen molar-refractivity contribution >= 4 is 92.2 Å². The highest BCUT2D eigenvalue weighted by atomic mass is 32.2. The third-order valence-electron chi connectivity index (χ3n) is 2.00. The number of hydrogen-bond acceptors (Lipinski definition) is 10. The topological polar surface area (TPSA) is 78.8 Å². The highest BCUT2D eigenvalue weighted by molar-refractivity contribution is 8.23. The van der Waals surface area contributed by atoms with Gasteiger partial charge in [0, 0.05) is 39.8 Å². The molecule has 0 saturated heterocycles. The lowest BCUT2D eigenvalue weighted by atomic mass is 10.8. The van der Waals surface area contributed by atoms with Crippen LogP contribution in [-0.4, -0.2) is 77.2 Å². The number of aliphatic hydroxyl groups is 1. The molecule has 0 radical (unpaired) electrons. The molecule has 0 saturated carbocycles. The molecule has 0 fully saturated rings. The Morgan fingerprint density at radius 3 is 2.67 bits per heavy atom. The van der Waals surface area contributed by atoms with E-state index in [1.807, 2.05) is 6.26 Å². The number of rotatable bonds is 16. The maximum absolute atomic E-state index is 11.6. The fourth-order valence-electron chi connectivity index (χ4n) is 1.06. The van der Waals surface area contributed by atoms with Crippen LogP contribution in [0.15, 0.2) is 4.99 Å². The van der Waals surface area contributed by atoms with Crippen molar-refractivity contribution in [2.45, 2.75) is 0 Å². The summed E-state index contributed by atoms with van der Waals surface area (Å²) in [6.45, 7) is 1.38. The Morgan fingerprint density at radius 1 is 1.17 bits per heavy atom. The molecule has 0 aromatic heterocycles. The highest BCUT2D eigenvalue weighted by Crippen LogP contribution is 2.13. The van der Waals surface area contributed by atoms with Gasteiger partial charge in [-0.15, -0.1) is 47.0 Å². The van der Waals surface area contributed by atoms with Gasteiger partial charge >= 0.3 is 0 Å². The molecule has 0 aliphatic heterocycles. The molecule has 1 amide bonds. The van der Waals surface area contributed by atoms with Crippen LogP contribution < -0.4 is 5.32 Å². The minimum Gasteiger partial charge on any atom is -0.386 e. The van der Waals surface area contributed by atoms with Crippen LogP contribution in [0.25, 0.3) is 0 Å². The minimum atomic E-state index is -1.02. The van der Waals surface area contributed by atoms with Crippen LogP contribution in [0.4, 0.5) is 4.79 Å². The number of thioether (sulfide) groups is 6. The average Bonchev–Trinajstić information content (AvgIpc) is 2.58. The number of aliphatic imine (C=N–C) groups is 1. The van der Waals surface area contributed by atoms with Crippen molar-refractivity contribution in [3.05, 3.63) is 0 Å². The lowest BCUT2D eigenvalue weighted by Gasteiger charge is -2.03. The zero-order valence-corrected chi connectivity index (χ0v) is 19.2. The van der Waals surface area contributed by atoms with E-state index in [-0.39, 0.29) is 11.2 Å². The molecule has 2 N–H and O–H groups in total. The quantitative estimate of drug-likeness (QED) is 0.153. The molecule has 5 nitrogen and oxygen atoms in total. The van der Waals surface area contributed by atoms with Crippen LogP contribution in [0.3, 0.4) is 0 Å². The first kappa shape index (κ1) is 25.4. The van der Waals surface area contributed by atoms with Gasteiger partial charge in [0.1, 0.15) is 0 Å². The zero-order chi connectivity index (χ0) is 17.9. The summed E-state index contributed by atoms with van der Waals surface area (Å²) in [5.41, 5.74) is 1.52. The van der Waals surface area contributed by atoms with Gasteiger partial charge in [0.05, 0.1) is 27.4 Å². The molecule has 0 bridgehead atoms. The normalized spacial score (nSPS) is 12.6. The van der Waals surface area contributed by atoms with E-state index < -0.39 is 10.8 Å². The van der Waals surface area contributed by atoms with E-state index >= 15 is 0 Å². The molecule has 0 aromatic carbocycles. The molecule has 1 unspecified atom stereocenters. The third-order valence-corrected chi connectivity index (χ3v) is 9.62. The van der Waals surface area contributed by atoms with Crippen LogP contribution in [0.2, 0.25) is 0 Å². The second-order valence-electron chi connectivity index (χ2n) is 3.86. The molecule has 0 aliphatic rings. The maximum atomic E-state index is 11.6. The van der Waals surface area contributed by atoms with E-state index in [1.54, 1.807) is 47.0 Å². The SMILES string of the molecule is CSCSC(=O)NCCSCSCCN=CS(=O)CSCSCO. The summed E-state index contributed by atoms with van der Waals surface area (Å²) in [6.07, 6.45) is 1.98. The van der Waals surface area contributed by atoms with Crippen LogP contribution >= 0.6 is 70.6 Å². The summed E-state index contributed by atoms with van der Waals surface area (Å²) in [5, 5.41) is 14.6. The molecule has 0 heterocycles. The van der Waals surface area contributed by atoms with Gasteiger partial charge < -0.3 is 10.4 Å². The smallest absolute Gasteiger partial charge is 0.279 e. The largest absolute Gasteiger partial charge is 0.386 e. The van der Waals surface area contributed by atoms with E-state index in [0.717, 1.165) is 26.8 Å². The Bertz CT molecular complexity index is 362. The summed E-state index contributed by atoms with van der Waals surface area (Å²) in [6, 6.07) is 0. The molecule has 12 heteroatoms. The molecule has 0 spiro atoms. The monoisotopic (exact) mass is 468 g/mol. The van der Waals surface area contributed by atoms with Gasteiger partial charge in [-0.2, -0.15) is 11.8 Å². The van der Waals surface area contributed by atoms with Gasteiger partial charge in [0.25, 0.3) is 5.24 Å². The first-order valence-corrected chi connectivity index (χ1v) is 15.3. The Morgan fingerprint density at radius 2 is 1.92 bits per heavy atom. The van der Waals surface area contributed by atoms with Gasteiger partial charge in [0.2, 0.25) is 0 Å². The second-order valence-corrected chi connectivity index (χ2v) is 12.6. The van der Waals surface area contributed by atoms with Crippen molar-refractivity contribution in [1.82, 2.24) is 5.32 Å². The third kappa shape index (κ3) is 19.7. The summed E-state index contributed by atoms with van der Waals surface area (Å²) >= 11 is 9.49. The lowest BCUT2D eigenvalue weighted by molar-refractivity contribution is 0.261. The van der Waals surface area contributed by atoms with E-state index in [0.29, 0.717) is 18.2 Å². The van der Waals surface area contributed by atoms with Crippen LogP contribution in [0, 0.1) is 0 Å². The predicted octanol–water partition coefficient (Wildman–Crippen LogP) is 3.28. The van der Waals surface area contributed by atoms with Crippen molar-refractivity contribution in [3.63, 3.8) is 0 Å². The van der Waals surface area contributed by atoms with Gasteiger partial charge in [0.15, 0.2) is 0 Å². The Kier molecular flexibility index (Phi) is 21.8. The number of amides is 1. The molecule has 142 valence electrons. The van der Waals surface area contributed by atoms with Crippen molar-refractivity contribution in [3.8, 4) is 0 Å². The predicted molar refractivity (Wildman–Crippen MR) is 123 cm³/mol. The fourth-order valence-corrected chi connectivity index (χ4v) is 6.89.